The van der Waals surface area contributed by atoms with Crippen LogP contribution in [-0.2, 0) is 4.79 Å². The molecule has 0 aromatic carbocycles. The zero-order valence-corrected chi connectivity index (χ0v) is 11.4. The summed E-state index contributed by atoms with van der Waals surface area (Å²) >= 11 is 0. The first-order chi connectivity index (χ1) is 8.17. The molecular formula is C14H28N2O. The van der Waals surface area contributed by atoms with E-state index < -0.39 is 0 Å². The quantitative estimate of drug-likeness (QED) is 0.718. The molecule has 0 spiro atoms. The minimum Gasteiger partial charge on any atom is -0.369 e. The highest BCUT2D eigenvalue weighted by Gasteiger charge is 2.25. The molecule has 3 nitrogen and oxygen atoms in total. The van der Waals surface area contributed by atoms with Crippen LogP contribution in [0.5, 0.6) is 0 Å². The Bertz CT molecular complexity index is 222. The standard InChI is InChI=1S/C14H28N2O/c1-3-5-6-12(4-2)16-13-9-7-11(8-10-13)14(15)17/h11-13,16H,3-10H2,1-2H3,(H2,15,17). The van der Waals surface area contributed by atoms with E-state index in [0.717, 1.165) is 25.7 Å². The predicted octanol–water partition coefficient (Wildman–Crippen LogP) is 2.59. The van der Waals surface area contributed by atoms with Gasteiger partial charge < -0.3 is 11.1 Å². The fourth-order valence-electron chi connectivity index (χ4n) is 2.73. The van der Waals surface area contributed by atoms with Gasteiger partial charge >= 0.3 is 0 Å². The molecule has 1 aliphatic rings. The Morgan fingerprint density at radius 3 is 2.41 bits per heavy atom. The van der Waals surface area contributed by atoms with Crippen molar-refractivity contribution < 1.29 is 4.79 Å². The molecule has 1 saturated carbocycles. The number of hydrogen-bond donors (Lipinski definition) is 2. The first-order valence-corrected chi connectivity index (χ1v) is 7.22. The molecule has 1 aliphatic carbocycles. The van der Waals surface area contributed by atoms with Gasteiger partial charge in [-0.25, -0.2) is 0 Å². The Balaban J connectivity index is 2.26. The summed E-state index contributed by atoms with van der Waals surface area (Å²) in [5, 5.41) is 3.75. The third-order valence-corrected chi connectivity index (χ3v) is 4.00. The van der Waals surface area contributed by atoms with E-state index in [-0.39, 0.29) is 11.8 Å². The number of hydrogen-bond acceptors (Lipinski definition) is 2. The molecular weight excluding hydrogens is 212 g/mol. The number of nitrogens with two attached hydrogens (primary N) is 1. The summed E-state index contributed by atoms with van der Waals surface area (Å²) in [7, 11) is 0. The average Bonchev–Trinajstić information content (AvgIpc) is 2.35. The summed E-state index contributed by atoms with van der Waals surface area (Å²) < 4.78 is 0. The maximum Gasteiger partial charge on any atom is 0.220 e. The van der Waals surface area contributed by atoms with E-state index in [2.05, 4.69) is 19.2 Å². The molecule has 0 aromatic rings. The Labute approximate surface area is 106 Å². The van der Waals surface area contributed by atoms with Crippen LogP contribution in [0.1, 0.15) is 65.2 Å². The van der Waals surface area contributed by atoms with Crippen LogP contribution in [-0.4, -0.2) is 18.0 Å². The number of unbranched alkanes of at least 4 members (excludes halogenated alkanes) is 1. The highest BCUT2D eigenvalue weighted by molar-refractivity contribution is 5.76. The lowest BCUT2D eigenvalue weighted by molar-refractivity contribution is -0.122. The van der Waals surface area contributed by atoms with Crippen molar-refractivity contribution in [2.75, 3.05) is 0 Å². The fraction of sp³-hybridized carbons (Fsp3) is 0.929. The maximum absolute atomic E-state index is 11.1. The molecule has 3 N–H and O–H groups in total. The zero-order valence-electron chi connectivity index (χ0n) is 11.4. The van der Waals surface area contributed by atoms with Gasteiger partial charge in [-0.3, -0.25) is 4.79 Å². The van der Waals surface area contributed by atoms with E-state index in [1.807, 2.05) is 0 Å². The van der Waals surface area contributed by atoms with E-state index in [9.17, 15) is 4.79 Å². The molecule has 0 saturated heterocycles. The van der Waals surface area contributed by atoms with Crippen LogP contribution in [0.25, 0.3) is 0 Å². The molecule has 0 bridgehead atoms. The van der Waals surface area contributed by atoms with Gasteiger partial charge in [-0.15, -0.1) is 0 Å². The lowest BCUT2D eigenvalue weighted by atomic mass is 9.85. The third kappa shape index (κ3) is 5.07. The summed E-state index contributed by atoms with van der Waals surface area (Å²) in [4.78, 5) is 11.1. The lowest BCUT2D eigenvalue weighted by Gasteiger charge is -2.31. The molecule has 0 heterocycles. The van der Waals surface area contributed by atoms with Crippen LogP contribution in [0.3, 0.4) is 0 Å². The number of carbonyl (C=O) groups excluding carboxylic acids is 1. The van der Waals surface area contributed by atoms with Crippen LogP contribution < -0.4 is 11.1 Å². The number of primary amides is 1. The summed E-state index contributed by atoms with van der Waals surface area (Å²) in [6, 6.07) is 1.26. The van der Waals surface area contributed by atoms with Gasteiger partial charge in [-0.2, -0.15) is 0 Å². The van der Waals surface area contributed by atoms with Crippen LogP contribution in [0.15, 0.2) is 0 Å². The second-order valence-electron chi connectivity index (χ2n) is 5.36. The normalized spacial score (nSPS) is 26.7. The summed E-state index contributed by atoms with van der Waals surface area (Å²) in [6.45, 7) is 4.49. The SMILES string of the molecule is CCCCC(CC)NC1CCC(C(N)=O)CC1. The highest BCUT2D eigenvalue weighted by atomic mass is 16.1. The molecule has 100 valence electrons. The fourth-order valence-corrected chi connectivity index (χ4v) is 2.73. The Morgan fingerprint density at radius 2 is 1.94 bits per heavy atom. The van der Waals surface area contributed by atoms with Crippen LogP contribution in [0.4, 0.5) is 0 Å². The summed E-state index contributed by atoms with van der Waals surface area (Å²) in [6.07, 6.45) is 9.22. The Kier molecular flexibility index (Phi) is 6.56. The van der Waals surface area contributed by atoms with Gasteiger partial charge in [-0.05, 0) is 38.5 Å². The molecule has 0 radical (unpaired) electrons. The molecule has 1 fully saturated rings. The van der Waals surface area contributed by atoms with Crippen LogP contribution in [0.2, 0.25) is 0 Å². The first kappa shape index (κ1) is 14.5. The van der Waals surface area contributed by atoms with Crippen molar-refractivity contribution in [3.05, 3.63) is 0 Å². The van der Waals surface area contributed by atoms with Crippen LogP contribution >= 0.6 is 0 Å². The Morgan fingerprint density at radius 1 is 1.29 bits per heavy atom. The number of nitrogens with one attached hydrogen (secondary N) is 1. The molecule has 3 heteroatoms. The summed E-state index contributed by atoms with van der Waals surface area (Å²) in [5.41, 5.74) is 5.35. The minimum atomic E-state index is -0.110. The van der Waals surface area contributed by atoms with Crippen molar-refractivity contribution in [3.8, 4) is 0 Å². The third-order valence-electron chi connectivity index (χ3n) is 4.00. The van der Waals surface area contributed by atoms with Crippen molar-refractivity contribution in [1.29, 1.82) is 0 Å². The van der Waals surface area contributed by atoms with E-state index in [0.29, 0.717) is 12.1 Å². The molecule has 1 atom stereocenters. The largest absolute Gasteiger partial charge is 0.369 e. The Hall–Kier alpha value is -0.570. The van der Waals surface area contributed by atoms with Gasteiger partial charge in [0.25, 0.3) is 0 Å². The topological polar surface area (TPSA) is 55.1 Å². The lowest BCUT2D eigenvalue weighted by Crippen LogP contribution is -2.41. The number of amides is 1. The minimum absolute atomic E-state index is 0.110. The molecule has 0 aromatic heterocycles. The van der Waals surface area contributed by atoms with E-state index in [4.69, 9.17) is 5.73 Å². The number of carbonyl (C=O) groups is 1. The van der Waals surface area contributed by atoms with Crippen LogP contribution in [0, 0.1) is 5.92 Å². The summed E-state index contributed by atoms with van der Waals surface area (Å²) in [5.74, 6) is 0.0187. The predicted molar refractivity (Wildman–Crippen MR) is 71.7 cm³/mol. The van der Waals surface area contributed by atoms with Gasteiger partial charge in [-0.1, -0.05) is 26.7 Å². The van der Waals surface area contributed by atoms with E-state index in [1.54, 1.807) is 0 Å². The van der Waals surface area contributed by atoms with Gasteiger partial charge in [0.2, 0.25) is 5.91 Å². The van der Waals surface area contributed by atoms with Crippen molar-refractivity contribution in [2.45, 2.75) is 77.3 Å². The van der Waals surface area contributed by atoms with Gasteiger partial charge in [0, 0.05) is 18.0 Å². The van der Waals surface area contributed by atoms with Gasteiger partial charge in [0.05, 0.1) is 0 Å². The molecule has 1 unspecified atom stereocenters. The maximum atomic E-state index is 11.1. The van der Waals surface area contributed by atoms with Crippen molar-refractivity contribution in [3.63, 3.8) is 0 Å². The highest BCUT2D eigenvalue weighted by Crippen LogP contribution is 2.24. The molecule has 1 amide bonds. The molecule has 0 aliphatic heterocycles. The molecule has 1 rings (SSSR count). The smallest absolute Gasteiger partial charge is 0.220 e. The van der Waals surface area contributed by atoms with Crippen molar-refractivity contribution in [2.24, 2.45) is 11.7 Å². The van der Waals surface area contributed by atoms with E-state index in [1.165, 1.54) is 25.7 Å². The number of rotatable bonds is 7. The monoisotopic (exact) mass is 240 g/mol. The van der Waals surface area contributed by atoms with E-state index >= 15 is 0 Å². The first-order valence-electron chi connectivity index (χ1n) is 7.22. The second-order valence-corrected chi connectivity index (χ2v) is 5.36. The molecule has 17 heavy (non-hydrogen) atoms. The average molecular weight is 240 g/mol. The van der Waals surface area contributed by atoms with Gasteiger partial charge in [0.15, 0.2) is 0 Å². The zero-order chi connectivity index (χ0) is 12.7. The van der Waals surface area contributed by atoms with Crippen molar-refractivity contribution in [1.82, 2.24) is 5.32 Å². The second kappa shape index (κ2) is 7.70. The van der Waals surface area contributed by atoms with Crippen molar-refractivity contribution >= 4 is 5.91 Å². The van der Waals surface area contributed by atoms with Gasteiger partial charge in [0.1, 0.15) is 0 Å².